The van der Waals surface area contributed by atoms with Gasteiger partial charge in [-0.15, -0.1) is 16.4 Å². The number of thiophene rings is 1. The normalized spacial score (nSPS) is 11.5. The Morgan fingerprint density at radius 3 is 2.58 bits per heavy atom. The minimum atomic E-state index is -0.0955. The van der Waals surface area contributed by atoms with Crippen LogP contribution in [-0.2, 0) is 0 Å². The fourth-order valence-corrected chi connectivity index (χ4v) is 2.91. The number of ketones is 1. The molecule has 0 atom stereocenters. The Kier molecular flexibility index (Phi) is 4.52. The van der Waals surface area contributed by atoms with Gasteiger partial charge in [0.2, 0.25) is 5.78 Å². The summed E-state index contributed by atoms with van der Waals surface area (Å²) in [5.41, 5.74) is 2.41. The third-order valence-electron chi connectivity index (χ3n) is 3.37. The molecular formula is C17H17N5OS. The Bertz CT molecular complexity index is 863. The molecule has 0 saturated carbocycles. The van der Waals surface area contributed by atoms with Crippen LogP contribution in [0.5, 0.6) is 0 Å². The fraction of sp³-hybridized carbons (Fsp3) is 0.176. The van der Waals surface area contributed by atoms with Crippen LogP contribution in [0.2, 0.25) is 0 Å². The average Bonchev–Trinajstić information content (AvgIpc) is 3.24. The zero-order valence-electron chi connectivity index (χ0n) is 13.7. The molecule has 3 aromatic rings. The largest absolute Gasteiger partial charge is 0.383 e. The number of benzene rings is 1. The van der Waals surface area contributed by atoms with Gasteiger partial charge in [0.25, 0.3) is 0 Å². The molecule has 3 rings (SSSR count). The van der Waals surface area contributed by atoms with Gasteiger partial charge in [0, 0.05) is 20.3 Å². The van der Waals surface area contributed by atoms with Crippen molar-refractivity contribution in [3.63, 3.8) is 0 Å². The van der Waals surface area contributed by atoms with Gasteiger partial charge in [-0.1, -0.05) is 23.8 Å². The lowest BCUT2D eigenvalue weighted by Crippen LogP contribution is -2.13. The Hall–Kier alpha value is -2.80. The fourth-order valence-electron chi connectivity index (χ4n) is 2.23. The van der Waals surface area contributed by atoms with Crippen molar-refractivity contribution in [1.82, 2.24) is 25.1 Å². The zero-order valence-corrected chi connectivity index (χ0v) is 14.5. The molecule has 6 nitrogen and oxygen atoms in total. The zero-order chi connectivity index (χ0) is 17.1. The number of carbonyl (C=O) groups is 1. The predicted molar refractivity (Wildman–Crippen MR) is 94.2 cm³/mol. The Balaban J connectivity index is 2.09. The number of rotatable bonds is 5. The van der Waals surface area contributed by atoms with Crippen LogP contribution in [0.3, 0.4) is 0 Å². The smallest absolute Gasteiger partial charge is 0.208 e. The van der Waals surface area contributed by atoms with Crippen molar-refractivity contribution in [2.75, 3.05) is 14.1 Å². The van der Waals surface area contributed by atoms with E-state index in [1.807, 2.05) is 61.6 Å². The molecule has 0 N–H and O–H groups in total. The van der Waals surface area contributed by atoms with E-state index in [4.69, 9.17) is 0 Å². The summed E-state index contributed by atoms with van der Waals surface area (Å²) in [4.78, 5) is 15.4. The van der Waals surface area contributed by atoms with Gasteiger partial charge >= 0.3 is 0 Å². The number of carbonyl (C=O) groups excluding carboxylic acids is 1. The molecule has 0 amide bonds. The van der Waals surface area contributed by atoms with Crippen LogP contribution < -0.4 is 0 Å². The molecule has 0 unspecified atom stereocenters. The number of aromatic nitrogens is 4. The van der Waals surface area contributed by atoms with E-state index in [9.17, 15) is 4.79 Å². The lowest BCUT2D eigenvalue weighted by atomic mass is 10.1. The molecular weight excluding hydrogens is 322 g/mol. The van der Waals surface area contributed by atoms with E-state index in [0.717, 1.165) is 11.3 Å². The molecule has 0 saturated heterocycles. The maximum absolute atomic E-state index is 12.9. The van der Waals surface area contributed by atoms with E-state index in [2.05, 4.69) is 15.5 Å². The second-order valence-electron chi connectivity index (χ2n) is 5.56. The van der Waals surface area contributed by atoms with E-state index in [1.54, 1.807) is 16.9 Å². The molecule has 0 aliphatic heterocycles. The first-order valence-electron chi connectivity index (χ1n) is 7.38. The summed E-state index contributed by atoms with van der Waals surface area (Å²) in [7, 11) is 3.73. The molecule has 0 spiro atoms. The first-order chi connectivity index (χ1) is 11.6. The van der Waals surface area contributed by atoms with Gasteiger partial charge in [-0.05, 0) is 40.9 Å². The van der Waals surface area contributed by atoms with Crippen molar-refractivity contribution in [2.45, 2.75) is 6.92 Å². The molecule has 2 heterocycles. The van der Waals surface area contributed by atoms with E-state index in [0.29, 0.717) is 16.3 Å². The molecule has 1 aromatic carbocycles. The summed E-state index contributed by atoms with van der Waals surface area (Å²) in [6, 6.07) is 11.5. The van der Waals surface area contributed by atoms with Crippen LogP contribution >= 0.6 is 11.3 Å². The van der Waals surface area contributed by atoms with Crippen LogP contribution in [0.4, 0.5) is 0 Å². The molecule has 0 aliphatic carbocycles. The van der Waals surface area contributed by atoms with E-state index in [1.165, 1.54) is 11.3 Å². The van der Waals surface area contributed by atoms with Crippen LogP contribution in [0.25, 0.3) is 11.3 Å². The van der Waals surface area contributed by atoms with Crippen LogP contribution in [0, 0.1) is 6.92 Å². The third-order valence-corrected chi connectivity index (χ3v) is 4.23. The van der Waals surface area contributed by atoms with Gasteiger partial charge in [0.05, 0.1) is 16.1 Å². The van der Waals surface area contributed by atoms with Gasteiger partial charge < -0.3 is 4.90 Å². The van der Waals surface area contributed by atoms with Gasteiger partial charge in [-0.3, -0.25) is 4.79 Å². The van der Waals surface area contributed by atoms with Crippen molar-refractivity contribution >= 4 is 22.7 Å². The van der Waals surface area contributed by atoms with Crippen LogP contribution in [0.1, 0.15) is 21.1 Å². The summed E-state index contributed by atoms with van der Waals surface area (Å²) in [6.07, 6.45) is 1.75. The second kappa shape index (κ2) is 6.76. The van der Waals surface area contributed by atoms with E-state index >= 15 is 0 Å². The highest BCUT2D eigenvalue weighted by molar-refractivity contribution is 7.12. The maximum Gasteiger partial charge on any atom is 0.208 e. The van der Waals surface area contributed by atoms with Crippen molar-refractivity contribution in [3.8, 4) is 5.69 Å². The summed E-state index contributed by atoms with van der Waals surface area (Å²) < 4.78 is 1.58. The number of nitrogens with zero attached hydrogens (tertiary/aromatic N) is 5. The molecule has 0 aliphatic rings. The van der Waals surface area contributed by atoms with Gasteiger partial charge in [0.15, 0.2) is 5.82 Å². The Morgan fingerprint density at radius 1 is 1.21 bits per heavy atom. The first kappa shape index (κ1) is 16.1. The highest BCUT2D eigenvalue weighted by Gasteiger charge is 2.22. The minimum absolute atomic E-state index is 0.0955. The van der Waals surface area contributed by atoms with Gasteiger partial charge in [-0.25, -0.2) is 0 Å². The highest BCUT2D eigenvalue weighted by atomic mass is 32.1. The number of Topliss-reactive ketones (excluding diaryl/α,β-unsaturated/α-hetero) is 1. The molecule has 2 aromatic heterocycles. The standard InChI is InChI=1S/C17H17N5OS/c1-12-6-8-13(9-7-12)22-17(18-19-20-22)14(11-21(2)3)16(23)15-5-4-10-24-15/h4-11H,1-3H3/b14-11+. The number of tetrazole rings is 1. The maximum atomic E-state index is 12.9. The Labute approximate surface area is 144 Å². The van der Waals surface area contributed by atoms with Crippen molar-refractivity contribution in [2.24, 2.45) is 0 Å². The summed E-state index contributed by atoms with van der Waals surface area (Å²) in [5, 5.41) is 13.8. The summed E-state index contributed by atoms with van der Waals surface area (Å²) in [6.45, 7) is 2.02. The van der Waals surface area contributed by atoms with E-state index < -0.39 is 0 Å². The number of hydrogen-bond acceptors (Lipinski definition) is 6. The topological polar surface area (TPSA) is 63.9 Å². The molecule has 0 fully saturated rings. The summed E-state index contributed by atoms with van der Waals surface area (Å²) >= 11 is 1.40. The van der Waals surface area contributed by atoms with Crippen molar-refractivity contribution in [1.29, 1.82) is 0 Å². The first-order valence-corrected chi connectivity index (χ1v) is 8.26. The molecule has 24 heavy (non-hydrogen) atoms. The predicted octanol–water partition coefficient (Wildman–Crippen LogP) is 2.82. The third kappa shape index (κ3) is 3.26. The average molecular weight is 339 g/mol. The SMILES string of the molecule is Cc1ccc(-n2nnnc2/C(=C/N(C)C)C(=O)c2cccs2)cc1. The van der Waals surface area contributed by atoms with E-state index in [-0.39, 0.29) is 5.78 Å². The quantitative estimate of drug-likeness (QED) is 0.528. The lowest BCUT2D eigenvalue weighted by Gasteiger charge is -2.11. The van der Waals surface area contributed by atoms with Crippen molar-refractivity contribution in [3.05, 3.63) is 64.2 Å². The molecule has 0 bridgehead atoms. The second-order valence-corrected chi connectivity index (χ2v) is 6.51. The van der Waals surface area contributed by atoms with Crippen LogP contribution in [0.15, 0.2) is 48.0 Å². The lowest BCUT2D eigenvalue weighted by molar-refractivity contribution is 0.105. The highest BCUT2D eigenvalue weighted by Crippen LogP contribution is 2.23. The number of aryl methyl sites for hydroxylation is 1. The van der Waals surface area contributed by atoms with Crippen molar-refractivity contribution < 1.29 is 4.79 Å². The Morgan fingerprint density at radius 2 is 1.96 bits per heavy atom. The molecule has 7 heteroatoms. The number of allylic oxidation sites excluding steroid dienone is 1. The molecule has 122 valence electrons. The van der Waals surface area contributed by atoms with Gasteiger partial charge in [0.1, 0.15) is 0 Å². The van der Waals surface area contributed by atoms with Gasteiger partial charge in [-0.2, -0.15) is 4.68 Å². The summed E-state index contributed by atoms with van der Waals surface area (Å²) in [5.74, 6) is 0.327. The number of hydrogen-bond donors (Lipinski definition) is 0. The molecule has 0 radical (unpaired) electrons. The van der Waals surface area contributed by atoms with Crippen LogP contribution in [-0.4, -0.2) is 45.0 Å². The minimum Gasteiger partial charge on any atom is -0.383 e. The monoisotopic (exact) mass is 339 g/mol.